The van der Waals surface area contributed by atoms with Crippen molar-refractivity contribution >= 4 is 33.9 Å². The summed E-state index contributed by atoms with van der Waals surface area (Å²) < 4.78 is 9.83. The predicted octanol–water partition coefficient (Wildman–Crippen LogP) is 3.85. The highest BCUT2D eigenvalue weighted by molar-refractivity contribution is 7.12. The second-order valence-electron chi connectivity index (χ2n) is 7.14. The van der Waals surface area contributed by atoms with Crippen LogP contribution in [0.1, 0.15) is 33.9 Å². The first-order chi connectivity index (χ1) is 14.2. The first-order valence-electron chi connectivity index (χ1n) is 9.73. The molecule has 3 aromatic rings. The molecule has 0 spiro atoms. The van der Waals surface area contributed by atoms with E-state index >= 15 is 0 Å². The molecule has 29 heavy (non-hydrogen) atoms. The molecule has 0 bridgehead atoms. The van der Waals surface area contributed by atoms with Gasteiger partial charge in [0.2, 0.25) is 5.13 Å². The van der Waals surface area contributed by atoms with Gasteiger partial charge in [0, 0.05) is 37.6 Å². The Morgan fingerprint density at radius 2 is 2.14 bits per heavy atom. The second kappa shape index (κ2) is 9.37. The van der Waals surface area contributed by atoms with Gasteiger partial charge in [0.25, 0.3) is 5.91 Å². The molecule has 8 heteroatoms. The molecule has 152 valence electrons. The number of ether oxygens (including phenoxy) is 1. The lowest BCUT2D eigenvalue weighted by Gasteiger charge is -2.31. The van der Waals surface area contributed by atoms with Crippen molar-refractivity contribution < 1.29 is 9.53 Å². The third kappa shape index (κ3) is 5.13. The second-order valence-corrected chi connectivity index (χ2v) is 8.82. The fraction of sp³-hybridized carbons (Fsp3) is 0.381. The lowest BCUT2D eigenvalue weighted by atomic mass is 9.97. The minimum Gasteiger partial charge on any atom is -0.497 e. The molecule has 1 N–H and O–H groups in total. The Kier molecular flexibility index (Phi) is 6.41. The Hall–Kier alpha value is -2.45. The summed E-state index contributed by atoms with van der Waals surface area (Å²) in [6, 6.07) is 11.8. The molecule has 4 rings (SSSR count). The molecule has 1 saturated heterocycles. The van der Waals surface area contributed by atoms with Crippen LogP contribution >= 0.6 is 22.9 Å². The number of hydrogen-bond donors (Lipinski definition) is 1. The lowest BCUT2D eigenvalue weighted by molar-refractivity contribution is 0.0949. The SMILES string of the molecule is COc1cccc(Cc2nsc(N3CCC(CNC(=O)c4cccs4)CC3)n2)c1. The van der Waals surface area contributed by atoms with Crippen LogP contribution in [-0.2, 0) is 6.42 Å². The largest absolute Gasteiger partial charge is 0.497 e. The van der Waals surface area contributed by atoms with Crippen LogP contribution in [0, 0.1) is 5.92 Å². The Bertz CT molecular complexity index is 934. The third-order valence-corrected chi connectivity index (χ3v) is 6.82. The molecule has 1 aromatic carbocycles. The molecule has 1 fully saturated rings. The molecule has 1 aliphatic heterocycles. The van der Waals surface area contributed by atoms with E-state index in [0.29, 0.717) is 12.3 Å². The van der Waals surface area contributed by atoms with Crippen molar-refractivity contribution in [3.8, 4) is 5.75 Å². The van der Waals surface area contributed by atoms with Crippen LogP contribution in [0.25, 0.3) is 0 Å². The van der Waals surface area contributed by atoms with Gasteiger partial charge in [-0.2, -0.15) is 4.37 Å². The van der Waals surface area contributed by atoms with E-state index < -0.39 is 0 Å². The number of aromatic nitrogens is 2. The van der Waals surface area contributed by atoms with Gasteiger partial charge in [-0.15, -0.1) is 11.3 Å². The maximum Gasteiger partial charge on any atom is 0.261 e. The van der Waals surface area contributed by atoms with Crippen LogP contribution < -0.4 is 15.0 Å². The van der Waals surface area contributed by atoms with Gasteiger partial charge in [-0.1, -0.05) is 18.2 Å². The number of methoxy groups -OCH3 is 1. The maximum absolute atomic E-state index is 12.1. The van der Waals surface area contributed by atoms with E-state index in [0.717, 1.165) is 59.6 Å². The van der Waals surface area contributed by atoms with Gasteiger partial charge in [0.05, 0.1) is 12.0 Å². The Balaban J connectivity index is 1.26. The Labute approximate surface area is 178 Å². The fourth-order valence-electron chi connectivity index (χ4n) is 3.47. The number of carbonyl (C=O) groups is 1. The van der Waals surface area contributed by atoms with E-state index in [9.17, 15) is 4.79 Å². The van der Waals surface area contributed by atoms with Crippen molar-refractivity contribution in [1.29, 1.82) is 0 Å². The highest BCUT2D eigenvalue weighted by atomic mass is 32.1. The van der Waals surface area contributed by atoms with Crippen LogP contribution in [0.15, 0.2) is 41.8 Å². The van der Waals surface area contributed by atoms with E-state index in [4.69, 9.17) is 9.72 Å². The van der Waals surface area contributed by atoms with Gasteiger partial charge in [-0.05, 0) is 47.9 Å². The van der Waals surface area contributed by atoms with Crippen LogP contribution in [0.5, 0.6) is 5.75 Å². The first-order valence-corrected chi connectivity index (χ1v) is 11.4. The topological polar surface area (TPSA) is 67.3 Å². The zero-order valence-electron chi connectivity index (χ0n) is 16.3. The van der Waals surface area contributed by atoms with Crippen molar-refractivity contribution in [3.63, 3.8) is 0 Å². The summed E-state index contributed by atoms with van der Waals surface area (Å²) in [5, 5.41) is 5.99. The lowest BCUT2D eigenvalue weighted by Crippen LogP contribution is -2.38. The van der Waals surface area contributed by atoms with Crippen molar-refractivity contribution in [1.82, 2.24) is 14.7 Å². The molecule has 1 aliphatic rings. The van der Waals surface area contributed by atoms with Crippen molar-refractivity contribution in [3.05, 3.63) is 58.0 Å². The van der Waals surface area contributed by atoms with Gasteiger partial charge >= 0.3 is 0 Å². The van der Waals surface area contributed by atoms with Gasteiger partial charge in [-0.3, -0.25) is 4.79 Å². The molecule has 0 radical (unpaired) electrons. The van der Waals surface area contributed by atoms with Crippen molar-refractivity contribution in [2.24, 2.45) is 5.92 Å². The summed E-state index contributed by atoms with van der Waals surface area (Å²) in [4.78, 5) is 19.9. The summed E-state index contributed by atoms with van der Waals surface area (Å²) >= 11 is 2.95. The number of piperidine rings is 1. The number of rotatable bonds is 7. The Morgan fingerprint density at radius 3 is 2.90 bits per heavy atom. The molecule has 2 aromatic heterocycles. The van der Waals surface area contributed by atoms with Crippen molar-refractivity contribution in [2.75, 3.05) is 31.6 Å². The molecular weight excluding hydrogens is 404 g/mol. The maximum atomic E-state index is 12.1. The molecule has 0 unspecified atom stereocenters. The molecule has 0 atom stereocenters. The van der Waals surface area contributed by atoms with Crippen LogP contribution in [0.2, 0.25) is 0 Å². The summed E-state index contributed by atoms with van der Waals surface area (Å²) in [6.45, 7) is 2.64. The number of thiophene rings is 1. The quantitative estimate of drug-likeness (QED) is 0.619. The average molecular weight is 429 g/mol. The summed E-state index contributed by atoms with van der Waals surface area (Å²) in [5.74, 6) is 2.25. The molecule has 1 amide bonds. The Morgan fingerprint density at radius 1 is 1.28 bits per heavy atom. The standard InChI is InChI=1S/C21H24N4O2S2/c1-27-17-5-2-4-16(12-17)13-19-23-21(29-24-19)25-9-7-15(8-10-25)14-22-20(26)18-6-3-11-28-18/h2-6,11-12,15H,7-10,13-14H2,1H3,(H,22,26). The first kappa shape index (κ1) is 19.8. The molecule has 6 nitrogen and oxygen atoms in total. The number of nitrogens with one attached hydrogen (secondary N) is 1. The van der Waals surface area contributed by atoms with E-state index in [-0.39, 0.29) is 5.91 Å². The van der Waals surface area contributed by atoms with Crippen LogP contribution in [0.3, 0.4) is 0 Å². The zero-order chi connectivity index (χ0) is 20.1. The predicted molar refractivity (Wildman–Crippen MR) is 117 cm³/mol. The highest BCUT2D eigenvalue weighted by Crippen LogP contribution is 2.25. The number of hydrogen-bond acceptors (Lipinski definition) is 7. The summed E-state index contributed by atoms with van der Waals surface area (Å²) in [6.07, 6.45) is 2.81. The van der Waals surface area contributed by atoms with E-state index in [1.807, 2.05) is 35.7 Å². The minimum atomic E-state index is 0.0359. The van der Waals surface area contributed by atoms with Gasteiger partial charge in [-0.25, -0.2) is 4.98 Å². The van der Waals surface area contributed by atoms with Gasteiger partial charge < -0.3 is 15.0 Å². The smallest absolute Gasteiger partial charge is 0.261 e. The van der Waals surface area contributed by atoms with E-state index in [1.165, 1.54) is 22.9 Å². The average Bonchev–Trinajstić information content (AvgIpc) is 3.45. The number of nitrogens with zero attached hydrogens (tertiary/aromatic N) is 3. The normalized spacial score (nSPS) is 14.7. The monoisotopic (exact) mass is 428 g/mol. The van der Waals surface area contributed by atoms with Gasteiger partial charge in [0.1, 0.15) is 11.6 Å². The molecule has 0 aliphatic carbocycles. The molecular formula is C21H24N4O2S2. The minimum absolute atomic E-state index is 0.0359. The summed E-state index contributed by atoms with van der Waals surface area (Å²) in [5.41, 5.74) is 1.15. The van der Waals surface area contributed by atoms with Gasteiger partial charge in [0.15, 0.2) is 0 Å². The highest BCUT2D eigenvalue weighted by Gasteiger charge is 2.22. The van der Waals surface area contributed by atoms with E-state index in [1.54, 1.807) is 7.11 Å². The zero-order valence-corrected chi connectivity index (χ0v) is 18.0. The molecule has 3 heterocycles. The summed E-state index contributed by atoms with van der Waals surface area (Å²) in [7, 11) is 1.68. The van der Waals surface area contributed by atoms with Crippen molar-refractivity contribution in [2.45, 2.75) is 19.3 Å². The van der Waals surface area contributed by atoms with E-state index in [2.05, 4.69) is 20.7 Å². The number of carbonyl (C=O) groups excluding carboxylic acids is 1. The van der Waals surface area contributed by atoms with Crippen LogP contribution in [0.4, 0.5) is 5.13 Å². The third-order valence-electron chi connectivity index (χ3n) is 5.14. The molecule has 0 saturated carbocycles. The number of amides is 1. The number of anilines is 1. The fourth-order valence-corrected chi connectivity index (χ4v) is 4.85. The number of benzene rings is 1. The van der Waals surface area contributed by atoms with Crippen LogP contribution in [-0.4, -0.2) is 42.0 Å².